The Kier molecular flexibility index (Phi) is 4.89. The maximum absolute atomic E-state index is 12.5. The Labute approximate surface area is 165 Å². The molecule has 0 radical (unpaired) electrons. The van der Waals surface area contributed by atoms with E-state index in [4.69, 9.17) is 0 Å². The highest BCUT2D eigenvalue weighted by Gasteiger charge is 2.27. The van der Waals surface area contributed by atoms with E-state index in [1.54, 1.807) is 0 Å². The minimum absolute atomic E-state index is 0.0959. The summed E-state index contributed by atoms with van der Waals surface area (Å²) in [4.78, 5) is 14.2. The van der Waals surface area contributed by atoms with Gasteiger partial charge in [0.05, 0.1) is 10.6 Å². The number of benzene rings is 2. The minimum Gasteiger partial charge on any atom is -0.507 e. The Morgan fingerprint density at radius 1 is 0.963 bits per heavy atom. The number of hydrogen-bond acceptors (Lipinski definition) is 3. The number of para-hydroxylation sites is 1. The van der Waals surface area contributed by atoms with Crippen LogP contribution in [0.4, 0.5) is 5.69 Å². The predicted octanol–water partition coefficient (Wildman–Crippen LogP) is 6.07. The van der Waals surface area contributed by atoms with Crippen LogP contribution >= 0.6 is 11.8 Å². The number of aromatic hydroxyl groups is 1. The molecule has 2 aromatic carbocycles. The van der Waals surface area contributed by atoms with E-state index in [-0.39, 0.29) is 16.7 Å². The van der Waals surface area contributed by atoms with Gasteiger partial charge in [0.2, 0.25) is 0 Å². The van der Waals surface area contributed by atoms with E-state index < -0.39 is 0 Å². The van der Waals surface area contributed by atoms with Gasteiger partial charge in [-0.2, -0.15) is 0 Å². The molecule has 2 N–H and O–H groups in total. The first-order valence-corrected chi connectivity index (χ1v) is 9.96. The normalized spacial score (nSPS) is 16.2. The summed E-state index contributed by atoms with van der Waals surface area (Å²) in [6.45, 7) is 12.5. The van der Waals surface area contributed by atoms with Crippen molar-refractivity contribution in [1.82, 2.24) is 0 Å². The van der Waals surface area contributed by atoms with E-state index in [0.717, 1.165) is 27.3 Å². The average Bonchev–Trinajstić information content (AvgIpc) is 2.54. The number of amides is 1. The molecule has 0 saturated heterocycles. The van der Waals surface area contributed by atoms with E-state index in [0.29, 0.717) is 10.7 Å². The summed E-state index contributed by atoms with van der Waals surface area (Å²) in [6.07, 6.45) is 1.92. The van der Waals surface area contributed by atoms with Crippen molar-refractivity contribution in [1.29, 1.82) is 0 Å². The largest absolute Gasteiger partial charge is 0.507 e. The number of hydrogen-bond donors (Lipinski definition) is 2. The number of fused-ring (bicyclic) bond motifs is 1. The molecule has 1 aliphatic heterocycles. The Balaban J connectivity index is 2.12. The third kappa shape index (κ3) is 4.06. The van der Waals surface area contributed by atoms with Crippen LogP contribution in [0.25, 0.3) is 6.08 Å². The summed E-state index contributed by atoms with van der Waals surface area (Å²) in [5, 5.41) is 13.8. The van der Waals surface area contributed by atoms with Crippen LogP contribution in [0.15, 0.2) is 46.2 Å². The van der Waals surface area contributed by atoms with Crippen molar-refractivity contribution in [3.05, 3.63) is 58.0 Å². The molecule has 3 nitrogen and oxygen atoms in total. The molecule has 0 atom stereocenters. The molecule has 0 unspecified atom stereocenters. The number of rotatable bonds is 1. The first-order chi connectivity index (χ1) is 12.5. The number of nitrogens with one attached hydrogen (secondary N) is 1. The molecule has 0 aliphatic carbocycles. The molecule has 1 heterocycles. The van der Waals surface area contributed by atoms with Crippen LogP contribution in [0.1, 0.15) is 58.2 Å². The molecule has 142 valence electrons. The molecule has 0 saturated carbocycles. The minimum atomic E-state index is -0.201. The first kappa shape index (κ1) is 19.6. The molecule has 0 fully saturated rings. The second-order valence-electron chi connectivity index (χ2n) is 9.03. The van der Waals surface area contributed by atoms with Gasteiger partial charge in [0.1, 0.15) is 5.75 Å². The lowest BCUT2D eigenvalue weighted by Crippen LogP contribution is -2.18. The lowest BCUT2D eigenvalue weighted by molar-refractivity contribution is -0.112. The lowest BCUT2D eigenvalue weighted by atomic mass is 9.78. The number of anilines is 1. The Morgan fingerprint density at radius 3 is 2.07 bits per heavy atom. The van der Waals surface area contributed by atoms with E-state index in [1.807, 2.05) is 42.5 Å². The summed E-state index contributed by atoms with van der Waals surface area (Å²) >= 11 is 1.48. The highest BCUT2D eigenvalue weighted by Crippen LogP contribution is 2.42. The van der Waals surface area contributed by atoms with Gasteiger partial charge in [-0.1, -0.05) is 65.4 Å². The summed E-state index contributed by atoms with van der Waals surface area (Å²) in [5.74, 6) is 0.254. The van der Waals surface area contributed by atoms with Crippen molar-refractivity contribution in [2.45, 2.75) is 57.3 Å². The molecule has 27 heavy (non-hydrogen) atoms. The standard InChI is InChI=1S/C23H27NO2S/c1-22(2,3)15-11-14(12-16(20(15)25)23(4,5)6)13-19-21(26)24-17-9-7-8-10-18(17)27-19/h7-13,25H,1-6H3,(H,24,26). The molecule has 0 spiro atoms. The zero-order chi connectivity index (χ0) is 20.0. The van der Waals surface area contributed by atoms with Crippen molar-refractivity contribution < 1.29 is 9.90 Å². The van der Waals surface area contributed by atoms with Crippen molar-refractivity contribution in [2.75, 3.05) is 5.32 Å². The second kappa shape index (κ2) is 6.75. The fourth-order valence-electron chi connectivity index (χ4n) is 3.14. The van der Waals surface area contributed by atoms with Crippen molar-refractivity contribution in [2.24, 2.45) is 0 Å². The highest BCUT2D eigenvalue weighted by molar-refractivity contribution is 8.04. The predicted molar refractivity (Wildman–Crippen MR) is 114 cm³/mol. The van der Waals surface area contributed by atoms with Gasteiger partial charge in [0.15, 0.2) is 0 Å². The van der Waals surface area contributed by atoms with Crippen LogP contribution in [0.5, 0.6) is 5.75 Å². The Bertz CT molecular complexity index is 895. The van der Waals surface area contributed by atoms with Crippen LogP contribution in [-0.4, -0.2) is 11.0 Å². The molecule has 0 bridgehead atoms. The fraction of sp³-hybridized carbons (Fsp3) is 0.348. The number of phenolic OH excluding ortho intramolecular Hbond substituents is 1. The summed E-state index contributed by atoms with van der Waals surface area (Å²) < 4.78 is 0. The van der Waals surface area contributed by atoms with E-state index in [1.165, 1.54) is 11.8 Å². The van der Waals surface area contributed by atoms with Crippen LogP contribution in [0.2, 0.25) is 0 Å². The Hall–Kier alpha value is -2.20. The first-order valence-electron chi connectivity index (χ1n) is 9.15. The number of carbonyl (C=O) groups is 1. The lowest BCUT2D eigenvalue weighted by Gasteiger charge is -2.28. The van der Waals surface area contributed by atoms with Crippen molar-refractivity contribution in [3.63, 3.8) is 0 Å². The van der Waals surface area contributed by atoms with Gasteiger partial charge in [-0.25, -0.2) is 0 Å². The SMILES string of the molecule is CC(C)(C)c1cc(C=C2Sc3ccccc3NC2=O)cc(C(C)(C)C)c1O. The summed E-state index contributed by atoms with van der Waals surface area (Å²) in [5.41, 5.74) is 3.16. The molecule has 4 heteroatoms. The van der Waals surface area contributed by atoms with Crippen LogP contribution in [0, 0.1) is 0 Å². The highest BCUT2D eigenvalue weighted by atomic mass is 32.2. The maximum Gasteiger partial charge on any atom is 0.262 e. The summed E-state index contributed by atoms with van der Waals surface area (Å²) in [6, 6.07) is 11.8. The van der Waals surface area contributed by atoms with E-state index >= 15 is 0 Å². The van der Waals surface area contributed by atoms with Gasteiger partial charge in [0, 0.05) is 16.0 Å². The van der Waals surface area contributed by atoms with E-state index in [9.17, 15) is 9.90 Å². The van der Waals surface area contributed by atoms with Crippen LogP contribution < -0.4 is 5.32 Å². The van der Waals surface area contributed by atoms with Gasteiger partial charge in [-0.15, -0.1) is 0 Å². The molecular formula is C23H27NO2S. The van der Waals surface area contributed by atoms with E-state index in [2.05, 4.69) is 46.9 Å². The molecule has 3 rings (SSSR count). The molecule has 1 amide bonds. The zero-order valence-electron chi connectivity index (χ0n) is 16.8. The van der Waals surface area contributed by atoms with Gasteiger partial charge in [-0.05, 0) is 46.7 Å². The topological polar surface area (TPSA) is 49.3 Å². The monoisotopic (exact) mass is 381 g/mol. The number of phenols is 1. The number of thioether (sulfide) groups is 1. The molecular weight excluding hydrogens is 354 g/mol. The van der Waals surface area contributed by atoms with Crippen LogP contribution in [0.3, 0.4) is 0 Å². The molecule has 1 aliphatic rings. The van der Waals surface area contributed by atoms with Crippen molar-refractivity contribution in [3.8, 4) is 5.75 Å². The quantitative estimate of drug-likeness (QED) is 0.589. The van der Waals surface area contributed by atoms with Crippen LogP contribution in [-0.2, 0) is 15.6 Å². The smallest absolute Gasteiger partial charge is 0.262 e. The molecule has 2 aromatic rings. The van der Waals surface area contributed by atoms with Crippen molar-refractivity contribution >= 4 is 29.4 Å². The average molecular weight is 382 g/mol. The third-order valence-corrected chi connectivity index (χ3v) is 5.72. The van der Waals surface area contributed by atoms with Gasteiger partial charge in [0.25, 0.3) is 5.91 Å². The summed E-state index contributed by atoms with van der Waals surface area (Å²) in [7, 11) is 0. The zero-order valence-corrected chi connectivity index (χ0v) is 17.6. The molecule has 0 aromatic heterocycles. The third-order valence-electron chi connectivity index (χ3n) is 4.63. The van der Waals surface area contributed by atoms with Gasteiger partial charge >= 0.3 is 0 Å². The fourth-order valence-corrected chi connectivity index (χ4v) is 4.09. The number of carbonyl (C=O) groups excluding carboxylic acids is 1. The maximum atomic E-state index is 12.5. The Morgan fingerprint density at radius 2 is 1.52 bits per heavy atom. The van der Waals surface area contributed by atoms with Gasteiger partial charge < -0.3 is 10.4 Å². The van der Waals surface area contributed by atoms with Gasteiger partial charge in [-0.3, -0.25) is 4.79 Å². The second-order valence-corrected chi connectivity index (χ2v) is 10.1.